The highest BCUT2D eigenvalue weighted by Crippen LogP contribution is 2.17. The van der Waals surface area contributed by atoms with Crippen LogP contribution in [0.1, 0.15) is 0 Å². The molecule has 6 heteroatoms. The molecule has 0 unspecified atom stereocenters. The van der Waals surface area contributed by atoms with Crippen molar-refractivity contribution in [2.45, 2.75) is 0 Å². The third kappa shape index (κ3) is 2.35. The van der Waals surface area contributed by atoms with Gasteiger partial charge in [0.1, 0.15) is 12.2 Å². The Labute approximate surface area is 91.0 Å². The van der Waals surface area contributed by atoms with Crippen molar-refractivity contribution in [1.29, 1.82) is 0 Å². The molecule has 0 fully saturated rings. The standard InChI is InChI=1S/C10H9N3O3/c14-9(15)6-12-10-11-4-3-7(13-10)8-2-1-5-16-8/h1-5H,6H2,(H,14,15)(H,11,12,13). The van der Waals surface area contributed by atoms with Crippen LogP contribution in [0.2, 0.25) is 0 Å². The SMILES string of the molecule is O=C(O)CNc1nccc(-c2ccco2)n1. The number of hydrogen-bond acceptors (Lipinski definition) is 5. The van der Waals surface area contributed by atoms with Gasteiger partial charge in [0, 0.05) is 6.20 Å². The van der Waals surface area contributed by atoms with Gasteiger partial charge in [0.05, 0.1) is 6.26 Å². The molecular formula is C10H9N3O3. The normalized spacial score (nSPS) is 10.0. The smallest absolute Gasteiger partial charge is 0.322 e. The summed E-state index contributed by atoms with van der Waals surface area (Å²) in [4.78, 5) is 18.4. The maximum atomic E-state index is 10.3. The van der Waals surface area contributed by atoms with Crippen LogP contribution in [0.15, 0.2) is 35.1 Å². The molecule has 2 rings (SSSR count). The van der Waals surface area contributed by atoms with Gasteiger partial charge in [-0.1, -0.05) is 0 Å². The lowest BCUT2D eigenvalue weighted by atomic mass is 10.3. The second-order valence-corrected chi connectivity index (χ2v) is 2.99. The van der Waals surface area contributed by atoms with Crippen LogP contribution in [0.5, 0.6) is 0 Å². The van der Waals surface area contributed by atoms with E-state index < -0.39 is 5.97 Å². The second-order valence-electron chi connectivity index (χ2n) is 2.99. The molecule has 0 aliphatic heterocycles. The topological polar surface area (TPSA) is 88.2 Å². The van der Waals surface area contributed by atoms with E-state index in [1.54, 1.807) is 24.5 Å². The van der Waals surface area contributed by atoms with E-state index in [4.69, 9.17) is 9.52 Å². The molecule has 0 saturated carbocycles. The predicted molar refractivity (Wildman–Crippen MR) is 55.9 cm³/mol. The van der Waals surface area contributed by atoms with Gasteiger partial charge in [-0.25, -0.2) is 9.97 Å². The first kappa shape index (κ1) is 10.2. The van der Waals surface area contributed by atoms with Gasteiger partial charge >= 0.3 is 5.97 Å². The largest absolute Gasteiger partial charge is 0.480 e. The van der Waals surface area contributed by atoms with Gasteiger partial charge in [-0.3, -0.25) is 4.79 Å². The number of carboxylic acid groups (broad SMARTS) is 1. The van der Waals surface area contributed by atoms with E-state index in [-0.39, 0.29) is 12.5 Å². The van der Waals surface area contributed by atoms with E-state index in [1.165, 1.54) is 6.20 Å². The van der Waals surface area contributed by atoms with Crippen molar-refractivity contribution in [3.8, 4) is 11.5 Å². The van der Waals surface area contributed by atoms with Gasteiger partial charge in [-0.15, -0.1) is 0 Å². The molecular weight excluding hydrogens is 210 g/mol. The summed E-state index contributed by atoms with van der Waals surface area (Å²) in [6, 6.07) is 5.20. The van der Waals surface area contributed by atoms with E-state index >= 15 is 0 Å². The van der Waals surface area contributed by atoms with Crippen LogP contribution in [0.4, 0.5) is 5.95 Å². The Morgan fingerprint density at radius 2 is 2.38 bits per heavy atom. The number of aromatic nitrogens is 2. The Bertz CT molecular complexity index is 482. The van der Waals surface area contributed by atoms with Crippen LogP contribution >= 0.6 is 0 Å². The molecule has 0 aromatic carbocycles. The first-order chi connectivity index (χ1) is 7.75. The molecule has 16 heavy (non-hydrogen) atoms. The fourth-order valence-corrected chi connectivity index (χ4v) is 1.16. The zero-order valence-corrected chi connectivity index (χ0v) is 8.25. The lowest BCUT2D eigenvalue weighted by molar-refractivity contribution is -0.134. The Hall–Kier alpha value is -2.37. The summed E-state index contributed by atoms with van der Waals surface area (Å²) in [7, 11) is 0. The number of aliphatic carboxylic acids is 1. The minimum atomic E-state index is -0.966. The van der Waals surface area contributed by atoms with Crippen LogP contribution in [-0.4, -0.2) is 27.6 Å². The molecule has 6 nitrogen and oxygen atoms in total. The average molecular weight is 219 g/mol. The molecule has 82 valence electrons. The highest BCUT2D eigenvalue weighted by atomic mass is 16.4. The zero-order valence-electron chi connectivity index (χ0n) is 8.25. The number of anilines is 1. The van der Waals surface area contributed by atoms with Gasteiger partial charge in [-0.05, 0) is 18.2 Å². The summed E-state index contributed by atoms with van der Waals surface area (Å²) >= 11 is 0. The van der Waals surface area contributed by atoms with Crippen molar-refractivity contribution in [3.05, 3.63) is 30.7 Å². The molecule has 2 aromatic heterocycles. The Morgan fingerprint density at radius 1 is 1.50 bits per heavy atom. The Balaban J connectivity index is 2.17. The average Bonchev–Trinajstić information content (AvgIpc) is 2.80. The third-order valence-corrected chi connectivity index (χ3v) is 1.83. The van der Waals surface area contributed by atoms with E-state index in [0.29, 0.717) is 11.5 Å². The molecule has 2 N–H and O–H groups in total. The van der Waals surface area contributed by atoms with Gasteiger partial charge in [0.25, 0.3) is 0 Å². The molecule has 0 aliphatic carbocycles. The van der Waals surface area contributed by atoms with Crippen molar-refractivity contribution >= 4 is 11.9 Å². The Kier molecular flexibility index (Phi) is 2.81. The number of furan rings is 1. The molecule has 0 bridgehead atoms. The van der Waals surface area contributed by atoms with E-state index in [1.807, 2.05) is 0 Å². The quantitative estimate of drug-likeness (QED) is 0.804. The number of nitrogens with one attached hydrogen (secondary N) is 1. The summed E-state index contributed by atoms with van der Waals surface area (Å²) in [5.74, 6) is -0.0934. The van der Waals surface area contributed by atoms with Crippen LogP contribution in [0.25, 0.3) is 11.5 Å². The highest BCUT2D eigenvalue weighted by molar-refractivity contribution is 5.72. The van der Waals surface area contributed by atoms with Crippen molar-refractivity contribution in [2.24, 2.45) is 0 Å². The molecule has 0 aliphatic rings. The molecule has 2 aromatic rings. The minimum Gasteiger partial charge on any atom is -0.480 e. The molecule has 0 amide bonds. The summed E-state index contributed by atoms with van der Waals surface area (Å²) in [6.07, 6.45) is 3.08. The predicted octanol–water partition coefficient (Wildman–Crippen LogP) is 1.23. The summed E-state index contributed by atoms with van der Waals surface area (Å²) < 4.78 is 5.17. The van der Waals surface area contributed by atoms with E-state index in [2.05, 4.69) is 15.3 Å². The lowest BCUT2D eigenvalue weighted by Gasteiger charge is -2.02. The molecule has 0 saturated heterocycles. The second kappa shape index (κ2) is 4.43. The highest BCUT2D eigenvalue weighted by Gasteiger charge is 2.05. The maximum Gasteiger partial charge on any atom is 0.322 e. The molecule has 0 spiro atoms. The van der Waals surface area contributed by atoms with Crippen molar-refractivity contribution in [2.75, 3.05) is 11.9 Å². The van der Waals surface area contributed by atoms with Crippen LogP contribution < -0.4 is 5.32 Å². The van der Waals surface area contributed by atoms with Gasteiger partial charge in [0.15, 0.2) is 5.76 Å². The monoisotopic (exact) mass is 219 g/mol. The number of carbonyl (C=O) groups is 1. The Morgan fingerprint density at radius 3 is 3.06 bits per heavy atom. The van der Waals surface area contributed by atoms with E-state index in [0.717, 1.165) is 0 Å². The van der Waals surface area contributed by atoms with E-state index in [9.17, 15) is 4.79 Å². The number of hydrogen-bond donors (Lipinski definition) is 2. The first-order valence-electron chi connectivity index (χ1n) is 4.58. The van der Waals surface area contributed by atoms with Gasteiger partial charge < -0.3 is 14.8 Å². The third-order valence-electron chi connectivity index (χ3n) is 1.83. The number of nitrogens with zero attached hydrogens (tertiary/aromatic N) is 2. The summed E-state index contributed by atoms with van der Waals surface area (Å²) in [6.45, 7) is -0.221. The van der Waals surface area contributed by atoms with Crippen LogP contribution in [0, 0.1) is 0 Å². The van der Waals surface area contributed by atoms with Crippen LogP contribution in [0.3, 0.4) is 0 Å². The molecule has 0 atom stereocenters. The van der Waals surface area contributed by atoms with Crippen LogP contribution in [-0.2, 0) is 4.79 Å². The summed E-state index contributed by atoms with van der Waals surface area (Å²) in [5.41, 5.74) is 0.605. The van der Waals surface area contributed by atoms with Crippen molar-refractivity contribution < 1.29 is 14.3 Å². The van der Waals surface area contributed by atoms with Gasteiger partial charge in [0.2, 0.25) is 5.95 Å². The van der Waals surface area contributed by atoms with Crippen molar-refractivity contribution in [1.82, 2.24) is 9.97 Å². The maximum absolute atomic E-state index is 10.3. The molecule has 2 heterocycles. The first-order valence-corrected chi connectivity index (χ1v) is 4.58. The molecule has 0 radical (unpaired) electrons. The zero-order chi connectivity index (χ0) is 11.4. The number of carboxylic acids is 1. The minimum absolute atomic E-state index is 0.221. The van der Waals surface area contributed by atoms with Crippen molar-refractivity contribution in [3.63, 3.8) is 0 Å². The lowest BCUT2D eigenvalue weighted by Crippen LogP contribution is -2.14. The number of rotatable bonds is 4. The summed E-state index contributed by atoms with van der Waals surface area (Å²) in [5, 5.41) is 11.1. The fourth-order valence-electron chi connectivity index (χ4n) is 1.16. The van der Waals surface area contributed by atoms with Gasteiger partial charge in [-0.2, -0.15) is 0 Å². The fraction of sp³-hybridized carbons (Fsp3) is 0.100.